The molecule has 0 aromatic heterocycles. The van der Waals surface area contributed by atoms with Crippen LogP contribution in [0.1, 0.15) is 12.8 Å². The number of hydrogen-bond donors (Lipinski definition) is 0. The Kier molecular flexibility index (Phi) is 6.27. The van der Waals surface area contributed by atoms with Gasteiger partial charge in [0.2, 0.25) is 5.82 Å². The summed E-state index contributed by atoms with van der Waals surface area (Å²) in [5, 5.41) is 0.212. The molecule has 4 nitrogen and oxygen atoms in total. The summed E-state index contributed by atoms with van der Waals surface area (Å²) in [4.78, 5) is 23.3. The van der Waals surface area contributed by atoms with E-state index in [0.29, 0.717) is 6.07 Å². The van der Waals surface area contributed by atoms with Crippen LogP contribution in [-0.2, 0) is 9.59 Å². The molecular formula is C16H9Cl2F3O4. The maximum Gasteiger partial charge on any atom is 0.311 e. The van der Waals surface area contributed by atoms with Crippen LogP contribution in [-0.4, -0.2) is 11.9 Å². The molecule has 0 spiro atoms. The minimum Gasteiger partial charge on any atom is -0.425 e. The zero-order valence-corrected chi connectivity index (χ0v) is 13.8. The van der Waals surface area contributed by atoms with E-state index >= 15 is 0 Å². The van der Waals surface area contributed by atoms with E-state index < -0.39 is 48.0 Å². The number of benzene rings is 2. The zero-order chi connectivity index (χ0) is 18.6. The SMILES string of the molecule is O=C(CCC(=O)Oc1cccc(Cl)c1Cl)Oc1ccc(F)c(F)c1F. The standard InChI is InChI=1S/C16H9Cl2F3O4/c17-8-2-1-3-10(14(8)18)24-12(22)6-7-13(23)25-11-5-4-9(19)15(20)16(11)21/h1-5H,6-7H2. The van der Waals surface area contributed by atoms with Crippen molar-refractivity contribution in [2.75, 3.05) is 0 Å². The Labute approximate surface area is 150 Å². The number of carbonyl (C=O) groups is 2. The third-order valence-corrected chi connectivity index (χ3v) is 3.70. The van der Waals surface area contributed by atoms with Gasteiger partial charge in [-0.3, -0.25) is 9.59 Å². The molecule has 0 aliphatic heterocycles. The summed E-state index contributed by atoms with van der Waals surface area (Å²) in [6.45, 7) is 0. The molecule has 0 unspecified atom stereocenters. The van der Waals surface area contributed by atoms with E-state index in [1.54, 1.807) is 0 Å². The fourth-order valence-corrected chi connectivity index (χ4v) is 2.03. The summed E-state index contributed by atoms with van der Waals surface area (Å²) in [7, 11) is 0. The third kappa shape index (κ3) is 4.87. The maximum absolute atomic E-state index is 13.4. The highest BCUT2D eigenvalue weighted by Crippen LogP contribution is 2.31. The van der Waals surface area contributed by atoms with Gasteiger partial charge in [-0.25, -0.2) is 8.78 Å². The molecule has 0 bridgehead atoms. The van der Waals surface area contributed by atoms with Gasteiger partial charge in [-0.15, -0.1) is 0 Å². The van der Waals surface area contributed by atoms with Crippen LogP contribution in [0.4, 0.5) is 13.2 Å². The summed E-state index contributed by atoms with van der Waals surface area (Å²) in [5.41, 5.74) is 0. The van der Waals surface area contributed by atoms with Crippen LogP contribution in [0.5, 0.6) is 11.5 Å². The van der Waals surface area contributed by atoms with Crippen molar-refractivity contribution >= 4 is 35.1 Å². The van der Waals surface area contributed by atoms with Gasteiger partial charge in [-0.05, 0) is 24.3 Å². The highest BCUT2D eigenvalue weighted by molar-refractivity contribution is 6.43. The molecule has 0 radical (unpaired) electrons. The lowest BCUT2D eigenvalue weighted by molar-refractivity contribution is -0.140. The number of hydrogen-bond acceptors (Lipinski definition) is 4. The van der Waals surface area contributed by atoms with E-state index in [2.05, 4.69) is 4.74 Å². The van der Waals surface area contributed by atoms with E-state index in [1.807, 2.05) is 0 Å². The second-order valence-electron chi connectivity index (χ2n) is 4.67. The first-order valence-electron chi connectivity index (χ1n) is 6.78. The van der Waals surface area contributed by atoms with Gasteiger partial charge in [0.05, 0.1) is 17.9 Å². The van der Waals surface area contributed by atoms with E-state index in [4.69, 9.17) is 27.9 Å². The Hall–Kier alpha value is -2.25. The van der Waals surface area contributed by atoms with Crippen LogP contribution >= 0.6 is 23.2 Å². The molecule has 0 amide bonds. The van der Waals surface area contributed by atoms with Gasteiger partial charge in [0.1, 0.15) is 5.02 Å². The molecule has 0 aliphatic carbocycles. The van der Waals surface area contributed by atoms with Crippen molar-refractivity contribution in [3.05, 3.63) is 57.8 Å². The van der Waals surface area contributed by atoms with Crippen LogP contribution in [0.25, 0.3) is 0 Å². The third-order valence-electron chi connectivity index (χ3n) is 2.90. The molecule has 2 rings (SSSR count). The molecule has 0 atom stereocenters. The highest BCUT2D eigenvalue weighted by Gasteiger charge is 2.18. The highest BCUT2D eigenvalue weighted by atomic mass is 35.5. The summed E-state index contributed by atoms with van der Waals surface area (Å²) >= 11 is 11.6. The molecule has 2 aromatic carbocycles. The number of carbonyl (C=O) groups excluding carboxylic acids is 2. The van der Waals surface area contributed by atoms with Crippen LogP contribution in [0.15, 0.2) is 30.3 Å². The Morgan fingerprint density at radius 2 is 1.44 bits per heavy atom. The Morgan fingerprint density at radius 3 is 2.08 bits per heavy atom. The number of ether oxygens (including phenoxy) is 2. The molecule has 25 heavy (non-hydrogen) atoms. The molecule has 9 heteroatoms. The monoisotopic (exact) mass is 392 g/mol. The summed E-state index contributed by atoms with van der Waals surface area (Å²) < 4.78 is 48.7. The fraction of sp³-hybridized carbons (Fsp3) is 0.125. The number of halogens is 5. The average molecular weight is 393 g/mol. The first kappa shape index (κ1) is 19.1. The van der Waals surface area contributed by atoms with E-state index in [9.17, 15) is 22.8 Å². The minimum absolute atomic E-state index is 0.0131. The molecule has 0 fully saturated rings. The Balaban J connectivity index is 1.91. The lowest BCUT2D eigenvalue weighted by atomic mass is 10.3. The van der Waals surface area contributed by atoms with Gasteiger partial charge in [0.25, 0.3) is 0 Å². The van der Waals surface area contributed by atoms with Gasteiger partial charge in [-0.2, -0.15) is 4.39 Å². The molecule has 0 N–H and O–H groups in total. The molecule has 0 aliphatic rings. The van der Waals surface area contributed by atoms with E-state index in [1.165, 1.54) is 18.2 Å². The first-order chi connectivity index (χ1) is 11.8. The number of rotatable bonds is 5. The summed E-state index contributed by atoms with van der Waals surface area (Å²) in [6.07, 6.45) is -0.886. The van der Waals surface area contributed by atoms with Gasteiger partial charge in [0, 0.05) is 0 Å². The predicted molar refractivity (Wildman–Crippen MR) is 83.3 cm³/mol. The predicted octanol–water partition coefficient (Wildman–Crippen LogP) is 4.70. The summed E-state index contributed by atoms with van der Waals surface area (Å²) in [5.74, 6) is -7.43. The number of esters is 2. The smallest absolute Gasteiger partial charge is 0.311 e. The van der Waals surface area contributed by atoms with Crippen molar-refractivity contribution in [3.63, 3.8) is 0 Å². The molecule has 0 saturated heterocycles. The molecule has 2 aromatic rings. The molecule has 0 heterocycles. The second kappa shape index (κ2) is 8.22. The quantitative estimate of drug-likeness (QED) is 0.420. The van der Waals surface area contributed by atoms with Gasteiger partial charge in [0.15, 0.2) is 23.1 Å². The van der Waals surface area contributed by atoms with Crippen molar-refractivity contribution in [3.8, 4) is 11.5 Å². The van der Waals surface area contributed by atoms with E-state index in [0.717, 1.165) is 6.07 Å². The van der Waals surface area contributed by atoms with Crippen molar-refractivity contribution < 1.29 is 32.2 Å². The van der Waals surface area contributed by atoms with Crippen LogP contribution in [0.3, 0.4) is 0 Å². The van der Waals surface area contributed by atoms with Crippen LogP contribution in [0, 0.1) is 17.5 Å². The first-order valence-corrected chi connectivity index (χ1v) is 7.54. The Morgan fingerprint density at radius 1 is 0.840 bits per heavy atom. The minimum atomic E-state index is -1.76. The topological polar surface area (TPSA) is 52.6 Å². The molecular weight excluding hydrogens is 384 g/mol. The zero-order valence-electron chi connectivity index (χ0n) is 12.3. The summed E-state index contributed by atoms with van der Waals surface area (Å²) in [6, 6.07) is 5.78. The normalized spacial score (nSPS) is 10.4. The van der Waals surface area contributed by atoms with Crippen molar-refractivity contribution in [1.82, 2.24) is 0 Å². The largest absolute Gasteiger partial charge is 0.425 e. The van der Waals surface area contributed by atoms with Crippen LogP contribution < -0.4 is 9.47 Å². The second-order valence-corrected chi connectivity index (χ2v) is 5.46. The van der Waals surface area contributed by atoms with Crippen molar-refractivity contribution in [2.24, 2.45) is 0 Å². The average Bonchev–Trinajstić information content (AvgIpc) is 2.58. The molecule has 0 saturated carbocycles. The van der Waals surface area contributed by atoms with Crippen molar-refractivity contribution in [2.45, 2.75) is 12.8 Å². The Bertz CT molecular complexity index is 827. The van der Waals surface area contributed by atoms with E-state index in [-0.39, 0.29) is 15.8 Å². The van der Waals surface area contributed by atoms with Gasteiger partial charge in [-0.1, -0.05) is 29.3 Å². The van der Waals surface area contributed by atoms with Gasteiger partial charge < -0.3 is 9.47 Å². The van der Waals surface area contributed by atoms with Crippen LogP contribution in [0.2, 0.25) is 10.0 Å². The maximum atomic E-state index is 13.4. The van der Waals surface area contributed by atoms with Crippen molar-refractivity contribution in [1.29, 1.82) is 0 Å². The lowest BCUT2D eigenvalue weighted by Gasteiger charge is -2.08. The lowest BCUT2D eigenvalue weighted by Crippen LogP contribution is -2.15. The van der Waals surface area contributed by atoms with Gasteiger partial charge >= 0.3 is 11.9 Å². The fourth-order valence-electron chi connectivity index (χ4n) is 1.70. The molecule has 132 valence electrons.